The number of fused-ring (bicyclic) bond motifs is 1. The SMILES string of the molecule is CNC[C@H]1CO[C@@H](C(=O)N2CCc3ccccc3[C@@H]2c2ccc(F)cc2)CCN1C. The van der Waals surface area contributed by atoms with Crippen LogP contribution in [-0.4, -0.2) is 68.2 Å². The van der Waals surface area contributed by atoms with Crippen molar-refractivity contribution in [1.29, 1.82) is 0 Å². The maximum Gasteiger partial charge on any atom is 0.252 e. The fourth-order valence-corrected chi connectivity index (χ4v) is 4.58. The number of likely N-dealkylation sites (N-methyl/N-ethyl adjacent to an activating group) is 2. The predicted molar refractivity (Wildman–Crippen MR) is 115 cm³/mol. The lowest BCUT2D eigenvalue weighted by molar-refractivity contribution is -0.146. The van der Waals surface area contributed by atoms with E-state index in [-0.39, 0.29) is 23.8 Å². The van der Waals surface area contributed by atoms with E-state index in [1.165, 1.54) is 17.7 Å². The lowest BCUT2D eigenvalue weighted by atomic mass is 9.87. The second-order valence-corrected chi connectivity index (χ2v) is 8.24. The Bertz CT molecular complexity index is 873. The number of carbonyl (C=O) groups is 1. The van der Waals surface area contributed by atoms with Crippen molar-refractivity contribution in [1.82, 2.24) is 15.1 Å². The third-order valence-electron chi connectivity index (χ3n) is 6.32. The van der Waals surface area contributed by atoms with Crippen molar-refractivity contribution >= 4 is 5.91 Å². The van der Waals surface area contributed by atoms with E-state index in [1.54, 1.807) is 12.1 Å². The Labute approximate surface area is 177 Å². The molecule has 0 spiro atoms. The molecule has 5 nitrogen and oxygen atoms in total. The van der Waals surface area contributed by atoms with E-state index in [1.807, 2.05) is 24.1 Å². The third-order valence-corrected chi connectivity index (χ3v) is 6.32. The van der Waals surface area contributed by atoms with Crippen LogP contribution in [0.4, 0.5) is 4.39 Å². The smallest absolute Gasteiger partial charge is 0.252 e. The molecule has 3 atom stereocenters. The first-order valence-corrected chi connectivity index (χ1v) is 10.7. The topological polar surface area (TPSA) is 44.8 Å². The maximum atomic E-state index is 13.6. The Hall–Kier alpha value is -2.28. The molecule has 1 N–H and O–H groups in total. The molecule has 0 bridgehead atoms. The first-order valence-electron chi connectivity index (χ1n) is 10.7. The molecule has 0 aliphatic carbocycles. The highest BCUT2D eigenvalue weighted by atomic mass is 19.1. The van der Waals surface area contributed by atoms with Gasteiger partial charge in [-0.3, -0.25) is 9.69 Å². The molecule has 2 aliphatic heterocycles. The third kappa shape index (κ3) is 4.26. The Morgan fingerprint density at radius 3 is 2.70 bits per heavy atom. The van der Waals surface area contributed by atoms with E-state index in [9.17, 15) is 9.18 Å². The van der Waals surface area contributed by atoms with Gasteiger partial charge in [0.15, 0.2) is 0 Å². The van der Waals surface area contributed by atoms with Gasteiger partial charge < -0.3 is 15.0 Å². The van der Waals surface area contributed by atoms with Crippen LogP contribution in [0.1, 0.15) is 29.2 Å². The largest absolute Gasteiger partial charge is 0.367 e. The number of halogens is 1. The van der Waals surface area contributed by atoms with Crippen LogP contribution >= 0.6 is 0 Å². The van der Waals surface area contributed by atoms with Crippen LogP contribution in [0.3, 0.4) is 0 Å². The molecule has 1 fully saturated rings. The summed E-state index contributed by atoms with van der Waals surface area (Å²) in [5, 5.41) is 3.20. The number of ether oxygens (including phenoxy) is 1. The van der Waals surface area contributed by atoms with Crippen LogP contribution in [0.25, 0.3) is 0 Å². The number of nitrogens with zero attached hydrogens (tertiary/aromatic N) is 2. The minimum atomic E-state index is -0.456. The number of amides is 1. The number of carbonyl (C=O) groups excluding carboxylic acids is 1. The van der Waals surface area contributed by atoms with Crippen LogP contribution in [-0.2, 0) is 16.0 Å². The molecular weight excluding hydrogens is 381 g/mol. The molecule has 1 saturated heterocycles. The molecule has 2 aliphatic rings. The van der Waals surface area contributed by atoms with Crippen molar-refractivity contribution < 1.29 is 13.9 Å². The van der Waals surface area contributed by atoms with Crippen molar-refractivity contribution in [2.75, 3.05) is 40.3 Å². The van der Waals surface area contributed by atoms with Gasteiger partial charge in [0.25, 0.3) is 5.91 Å². The molecule has 2 aromatic carbocycles. The number of hydrogen-bond donors (Lipinski definition) is 1. The monoisotopic (exact) mass is 411 g/mol. The summed E-state index contributed by atoms with van der Waals surface area (Å²) in [4.78, 5) is 17.8. The number of benzene rings is 2. The zero-order chi connectivity index (χ0) is 21.1. The van der Waals surface area contributed by atoms with Gasteiger partial charge in [-0.1, -0.05) is 36.4 Å². The highest BCUT2D eigenvalue weighted by Crippen LogP contribution is 2.36. The zero-order valence-corrected chi connectivity index (χ0v) is 17.7. The molecule has 30 heavy (non-hydrogen) atoms. The summed E-state index contributed by atoms with van der Waals surface area (Å²) in [6.45, 7) is 2.80. The van der Waals surface area contributed by atoms with Crippen molar-refractivity contribution in [3.63, 3.8) is 0 Å². The standard InChI is InChI=1S/C24H30FN3O2/c1-26-15-20-16-30-22(12-13-27(20)2)24(29)28-14-11-17-5-3-4-6-21(17)23(28)18-7-9-19(25)10-8-18/h3-10,20,22-23,26H,11-16H2,1-2H3/t20-,22+,23-/m0/s1. The van der Waals surface area contributed by atoms with Gasteiger partial charge in [0, 0.05) is 25.7 Å². The summed E-state index contributed by atoms with van der Waals surface area (Å²) in [6, 6.07) is 14.8. The Morgan fingerprint density at radius 2 is 1.93 bits per heavy atom. The van der Waals surface area contributed by atoms with Gasteiger partial charge in [-0.15, -0.1) is 0 Å². The minimum Gasteiger partial charge on any atom is -0.367 e. The molecule has 0 unspecified atom stereocenters. The first-order chi connectivity index (χ1) is 14.6. The lowest BCUT2D eigenvalue weighted by Gasteiger charge is -2.39. The normalized spacial score (nSPS) is 24.9. The summed E-state index contributed by atoms with van der Waals surface area (Å²) in [7, 11) is 4.01. The van der Waals surface area contributed by atoms with Crippen molar-refractivity contribution in [2.45, 2.75) is 31.0 Å². The molecule has 2 heterocycles. The fourth-order valence-electron chi connectivity index (χ4n) is 4.58. The number of hydrogen-bond acceptors (Lipinski definition) is 4. The minimum absolute atomic E-state index is 0.0253. The summed E-state index contributed by atoms with van der Waals surface area (Å²) < 4.78 is 19.7. The van der Waals surface area contributed by atoms with Crippen LogP contribution < -0.4 is 5.32 Å². The average molecular weight is 412 g/mol. The quantitative estimate of drug-likeness (QED) is 0.840. The molecule has 0 aromatic heterocycles. The van der Waals surface area contributed by atoms with E-state index in [2.05, 4.69) is 29.4 Å². The van der Waals surface area contributed by atoms with Crippen LogP contribution in [0.5, 0.6) is 0 Å². The van der Waals surface area contributed by atoms with Crippen molar-refractivity contribution in [2.24, 2.45) is 0 Å². The van der Waals surface area contributed by atoms with E-state index in [0.717, 1.165) is 30.6 Å². The average Bonchev–Trinajstić information content (AvgIpc) is 2.95. The summed E-state index contributed by atoms with van der Waals surface area (Å²) >= 11 is 0. The number of nitrogens with one attached hydrogen (secondary N) is 1. The summed E-state index contributed by atoms with van der Waals surface area (Å²) in [6.07, 6.45) is 1.03. The van der Waals surface area contributed by atoms with Gasteiger partial charge in [0.2, 0.25) is 0 Å². The summed E-state index contributed by atoms with van der Waals surface area (Å²) in [5.41, 5.74) is 3.28. The van der Waals surface area contributed by atoms with E-state index >= 15 is 0 Å². The molecule has 0 saturated carbocycles. The Balaban J connectivity index is 1.61. The first kappa shape index (κ1) is 21.0. The molecular formula is C24H30FN3O2. The van der Waals surface area contributed by atoms with Gasteiger partial charge >= 0.3 is 0 Å². The second kappa shape index (κ2) is 9.25. The number of rotatable bonds is 4. The Morgan fingerprint density at radius 1 is 1.17 bits per heavy atom. The second-order valence-electron chi connectivity index (χ2n) is 8.24. The van der Waals surface area contributed by atoms with E-state index in [0.29, 0.717) is 19.6 Å². The van der Waals surface area contributed by atoms with Crippen LogP contribution in [0.2, 0.25) is 0 Å². The Kier molecular flexibility index (Phi) is 6.46. The van der Waals surface area contributed by atoms with Crippen molar-refractivity contribution in [3.05, 3.63) is 71.0 Å². The van der Waals surface area contributed by atoms with Crippen LogP contribution in [0, 0.1) is 5.82 Å². The molecule has 160 valence electrons. The van der Waals surface area contributed by atoms with Crippen LogP contribution in [0.15, 0.2) is 48.5 Å². The maximum absolute atomic E-state index is 13.6. The molecule has 4 rings (SSSR count). The lowest BCUT2D eigenvalue weighted by Crippen LogP contribution is -2.46. The summed E-state index contributed by atoms with van der Waals surface area (Å²) in [5.74, 6) is -0.247. The predicted octanol–water partition coefficient (Wildman–Crippen LogP) is 2.61. The van der Waals surface area contributed by atoms with Gasteiger partial charge in [-0.05, 0) is 55.8 Å². The highest BCUT2D eigenvalue weighted by Gasteiger charge is 2.37. The molecule has 0 radical (unpaired) electrons. The van der Waals surface area contributed by atoms with Gasteiger partial charge in [0.1, 0.15) is 11.9 Å². The van der Waals surface area contributed by atoms with Crippen molar-refractivity contribution in [3.8, 4) is 0 Å². The van der Waals surface area contributed by atoms with Gasteiger partial charge in [0.05, 0.1) is 12.6 Å². The molecule has 1 amide bonds. The fraction of sp³-hybridized carbons (Fsp3) is 0.458. The highest BCUT2D eigenvalue weighted by molar-refractivity contribution is 5.82. The van der Waals surface area contributed by atoms with Gasteiger partial charge in [-0.25, -0.2) is 4.39 Å². The van der Waals surface area contributed by atoms with E-state index < -0.39 is 6.10 Å². The molecule has 2 aromatic rings. The molecule has 6 heteroatoms. The van der Waals surface area contributed by atoms with E-state index in [4.69, 9.17) is 4.74 Å². The zero-order valence-electron chi connectivity index (χ0n) is 17.7. The van der Waals surface area contributed by atoms with Gasteiger partial charge in [-0.2, -0.15) is 0 Å².